The van der Waals surface area contributed by atoms with Crippen molar-refractivity contribution >= 4 is 5.97 Å². The van der Waals surface area contributed by atoms with Crippen molar-refractivity contribution in [1.82, 2.24) is 0 Å². The molecule has 1 saturated heterocycles. The number of hydrogen-bond acceptors (Lipinski definition) is 2. The molecule has 2 heteroatoms. The molecule has 3 aliphatic rings. The first-order valence-corrected chi connectivity index (χ1v) is 5.16. The van der Waals surface area contributed by atoms with Crippen molar-refractivity contribution < 1.29 is 9.53 Å². The minimum atomic E-state index is 0.0734. The van der Waals surface area contributed by atoms with Crippen LogP contribution in [0.25, 0.3) is 0 Å². The predicted molar refractivity (Wildman–Crippen MR) is 48.0 cm³/mol. The van der Waals surface area contributed by atoms with Gasteiger partial charge in [-0.15, -0.1) is 0 Å². The largest absolute Gasteiger partial charge is 0.461 e. The van der Waals surface area contributed by atoms with Crippen molar-refractivity contribution in [1.29, 1.82) is 0 Å². The minimum absolute atomic E-state index is 0.0734. The summed E-state index contributed by atoms with van der Waals surface area (Å²) in [7, 11) is 0. The molecule has 0 N–H and O–H groups in total. The van der Waals surface area contributed by atoms with Crippen LogP contribution in [0.3, 0.4) is 0 Å². The third-order valence-corrected chi connectivity index (χ3v) is 5.08. The molecular weight excluding hydrogens is 164 g/mol. The van der Waals surface area contributed by atoms with Gasteiger partial charge in [0.1, 0.15) is 6.10 Å². The average molecular weight is 180 g/mol. The van der Waals surface area contributed by atoms with Crippen LogP contribution in [-0.4, -0.2) is 12.1 Å². The highest BCUT2D eigenvalue weighted by molar-refractivity contribution is 5.77. The molecule has 0 aromatic carbocycles. The van der Waals surface area contributed by atoms with Gasteiger partial charge >= 0.3 is 5.97 Å². The second-order valence-electron chi connectivity index (χ2n) is 5.82. The van der Waals surface area contributed by atoms with Crippen molar-refractivity contribution in [3.05, 3.63) is 0 Å². The molecule has 0 aromatic heterocycles. The smallest absolute Gasteiger partial charge is 0.309 e. The summed E-state index contributed by atoms with van der Waals surface area (Å²) in [6.07, 6.45) is 2.46. The molecule has 2 saturated carbocycles. The van der Waals surface area contributed by atoms with Crippen molar-refractivity contribution in [2.24, 2.45) is 22.7 Å². The van der Waals surface area contributed by atoms with E-state index in [1.807, 2.05) is 0 Å². The van der Waals surface area contributed by atoms with E-state index in [2.05, 4.69) is 20.8 Å². The molecule has 2 nitrogen and oxygen atoms in total. The third-order valence-electron chi connectivity index (χ3n) is 5.08. The van der Waals surface area contributed by atoms with Crippen LogP contribution < -0.4 is 0 Å². The molecule has 2 aliphatic carbocycles. The summed E-state index contributed by atoms with van der Waals surface area (Å²) >= 11 is 0. The van der Waals surface area contributed by atoms with Gasteiger partial charge in [-0.3, -0.25) is 4.79 Å². The van der Waals surface area contributed by atoms with Gasteiger partial charge in [0.25, 0.3) is 0 Å². The summed E-state index contributed by atoms with van der Waals surface area (Å²) in [5.41, 5.74) is 0.541. The quantitative estimate of drug-likeness (QED) is 0.533. The van der Waals surface area contributed by atoms with Crippen molar-refractivity contribution in [2.45, 2.75) is 39.7 Å². The van der Waals surface area contributed by atoms with Gasteiger partial charge in [-0.25, -0.2) is 0 Å². The van der Waals surface area contributed by atoms with Crippen LogP contribution in [0, 0.1) is 22.7 Å². The maximum Gasteiger partial charge on any atom is 0.309 e. The summed E-state index contributed by atoms with van der Waals surface area (Å²) in [4.78, 5) is 11.5. The number of fused-ring (bicyclic) bond motifs is 1. The SMILES string of the molecule is CC12CC3C(=O)OC(C3C1)C2(C)C. The van der Waals surface area contributed by atoms with Crippen molar-refractivity contribution in [3.8, 4) is 0 Å². The zero-order chi connectivity index (χ0) is 9.43. The summed E-state index contributed by atoms with van der Waals surface area (Å²) in [5, 5.41) is 0. The predicted octanol–water partition coefficient (Wildman–Crippen LogP) is 1.98. The molecule has 0 spiro atoms. The molecule has 0 radical (unpaired) electrons. The topological polar surface area (TPSA) is 26.3 Å². The molecule has 0 aromatic rings. The van der Waals surface area contributed by atoms with E-state index in [0.29, 0.717) is 11.3 Å². The lowest BCUT2D eigenvalue weighted by Gasteiger charge is -2.40. The van der Waals surface area contributed by atoms with Crippen LogP contribution in [0.1, 0.15) is 33.6 Å². The highest BCUT2D eigenvalue weighted by atomic mass is 16.6. The Morgan fingerprint density at radius 2 is 2.00 bits per heavy atom. The minimum Gasteiger partial charge on any atom is -0.461 e. The van der Waals surface area contributed by atoms with Crippen LogP contribution in [0.4, 0.5) is 0 Å². The molecule has 13 heavy (non-hydrogen) atoms. The van der Waals surface area contributed by atoms with E-state index in [4.69, 9.17) is 4.74 Å². The summed E-state index contributed by atoms with van der Waals surface area (Å²) in [6, 6.07) is 0. The van der Waals surface area contributed by atoms with Crippen LogP contribution in [0.2, 0.25) is 0 Å². The number of carbonyl (C=O) groups excluding carboxylic acids is 1. The lowest BCUT2D eigenvalue weighted by molar-refractivity contribution is -0.146. The third kappa shape index (κ3) is 0.628. The Hall–Kier alpha value is -0.530. The first-order valence-electron chi connectivity index (χ1n) is 5.16. The zero-order valence-electron chi connectivity index (χ0n) is 8.46. The van der Waals surface area contributed by atoms with Gasteiger partial charge in [0, 0.05) is 11.3 Å². The van der Waals surface area contributed by atoms with Crippen LogP contribution in [-0.2, 0) is 9.53 Å². The number of rotatable bonds is 0. The maximum atomic E-state index is 11.5. The zero-order valence-corrected chi connectivity index (χ0v) is 8.46. The second-order valence-corrected chi connectivity index (χ2v) is 5.82. The van der Waals surface area contributed by atoms with E-state index < -0.39 is 0 Å². The number of carbonyl (C=O) groups is 1. The van der Waals surface area contributed by atoms with Crippen molar-refractivity contribution in [3.63, 3.8) is 0 Å². The van der Waals surface area contributed by atoms with Gasteiger partial charge in [-0.2, -0.15) is 0 Å². The van der Waals surface area contributed by atoms with Gasteiger partial charge in [0.2, 0.25) is 0 Å². The lowest BCUT2D eigenvalue weighted by atomic mass is 9.64. The molecule has 72 valence electrons. The lowest BCUT2D eigenvalue weighted by Crippen LogP contribution is -2.40. The molecule has 3 fully saturated rings. The van der Waals surface area contributed by atoms with E-state index in [0.717, 1.165) is 6.42 Å². The van der Waals surface area contributed by atoms with Crippen LogP contribution in [0.5, 0.6) is 0 Å². The fourth-order valence-electron chi connectivity index (χ4n) is 3.81. The normalized spacial score (nSPS) is 55.6. The Balaban J connectivity index is 2.13. The molecule has 4 atom stereocenters. The molecule has 1 aliphatic heterocycles. The highest BCUT2D eigenvalue weighted by Gasteiger charge is 2.70. The summed E-state index contributed by atoms with van der Waals surface area (Å²) in [6.45, 7) is 6.83. The van der Waals surface area contributed by atoms with Gasteiger partial charge in [-0.05, 0) is 18.3 Å². The molecular formula is C11H16O2. The van der Waals surface area contributed by atoms with E-state index in [1.165, 1.54) is 6.42 Å². The Kier molecular flexibility index (Phi) is 1.08. The number of ether oxygens (including phenoxy) is 1. The van der Waals surface area contributed by atoms with Gasteiger partial charge in [0.15, 0.2) is 0 Å². The molecule has 3 rings (SSSR count). The summed E-state index contributed by atoms with van der Waals surface area (Å²) in [5.74, 6) is 0.847. The van der Waals surface area contributed by atoms with Crippen molar-refractivity contribution in [2.75, 3.05) is 0 Å². The average Bonchev–Trinajstić information content (AvgIpc) is 2.52. The highest BCUT2D eigenvalue weighted by Crippen LogP contribution is 2.69. The Bertz CT molecular complexity index is 292. The molecule has 0 amide bonds. The van der Waals surface area contributed by atoms with E-state index in [1.54, 1.807) is 0 Å². The molecule has 2 bridgehead atoms. The van der Waals surface area contributed by atoms with E-state index in [-0.39, 0.29) is 23.4 Å². The Morgan fingerprint density at radius 3 is 2.54 bits per heavy atom. The van der Waals surface area contributed by atoms with Gasteiger partial charge in [-0.1, -0.05) is 20.8 Å². The maximum absolute atomic E-state index is 11.5. The van der Waals surface area contributed by atoms with E-state index in [9.17, 15) is 4.79 Å². The summed E-state index contributed by atoms with van der Waals surface area (Å²) < 4.78 is 5.48. The monoisotopic (exact) mass is 180 g/mol. The van der Waals surface area contributed by atoms with Gasteiger partial charge < -0.3 is 4.74 Å². The molecule has 4 unspecified atom stereocenters. The molecule has 1 heterocycles. The second kappa shape index (κ2) is 1.79. The Morgan fingerprint density at radius 1 is 1.31 bits per heavy atom. The standard InChI is InChI=1S/C11H16O2/c1-10(2)8-6-4-11(10,3)5-7(6)9(12)13-8/h6-8H,4-5H2,1-3H3. The fraction of sp³-hybridized carbons (Fsp3) is 0.909. The first-order chi connectivity index (χ1) is 5.96. The number of hydrogen-bond donors (Lipinski definition) is 0. The van der Waals surface area contributed by atoms with Crippen LogP contribution in [0.15, 0.2) is 0 Å². The Labute approximate surface area is 78.6 Å². The van der Waals surface area contributed by atoms with Gasteiger partial charge in [0.05, 0.1) is 5.92 Å². The van der Waals surface area contributed by atoms with E-state index >= 15 is 0 Å². The first kappa shape index (κ1) is 7.84. The fourth-order valence-corrected chi connectivity index (χ4v) is 3.81. The number of esters is 1. The van der Waals surface area contributed by atoms with Crippen LogP contribution >= 0.6 is 0 Å².